The molecule has 2 aromatic rings. The zero-order chi connectivity index (χ0) is 21.5. The van der Waals surface area contributed by atoms with E-state index in [-0.39, 0.29) is 17.5 Å². The van der Waals surface area contributed by atoms with Gasteiger partial charge in [-0.05, 0) is 37.4 Å². The third-order valence-corrected chi connectivity index (χ3v) is 5.20. The number of methoxy groups -OCH3 is 1. The van der Waals surface area contributed by atoms with E-state index in [2.05, 4.69) is 20.3 Å². The first-order valence-electron chi connectivity index (χ1n) is 9.91. The van der Waals surface area contributed by atoms with Crippen LogP contribution in [0.5, 0.6) is 5.88 Å². The molecule has 0 atom stereocenters. The van der Waals surface area contributed by atoms with Gasteiger partial charge in [-0.3, -0.25) is 9.69 Å². The maximum atomic E-state index is 15.0. The Morgan fingerprint density at radius 3 is 2.73 bits per heavy atom. The highest BCUT2D eigenvalue weighted by Crippen LogP contribution is 2.23. The molecule has 1 aliphatic rings. The molecule has 3 rings (SSSR count). The number of hydrogen-bond donors (Lipinski definition) is 2. The van der Waals surface area contributed by atoms with Gasteiger partial charge in [-0.2, -0.15) is 4.39 Å². The number of anilines is 2. The van der Waals surface area contributed by atoms with Crippen molar-refractivity contribution in [1.29, 1.82) is 0 Å². The van der Waals surface area contributed by atoms with Gasteiger partial charge in [0.05, 0.1) is 13.7 Å². The number of ether oxygens (including phenoxy) is 1. The number of hydrogen-bond acceptors (Lipinski definition) is 8. The number of nitrogens with one attached hydrogen (secondary N) is 1. The van der Waals surface area contributed by atoms with E-state index in [0.29, 0.717) is 31.4 Å². The highest BCUT2D eigenvalue weighted by atomic mass is 19.1. The van der Waals surface area contributed by atoms with Gasteiger partial charge in [-0.1, -0.05) is 6.07 Å². The Hall–Kier alpha value is -3.01. The lowest BCUT2D eigenvalue weighted by Crippen LogP contribution is -2.40. The molecule has 3 heterocycles. The number of nitrogens with zero attached hydrogens (tertiary/aromatic N) is 5. The number of pyridine rings is 1. The van der Waals surface area contributed by atoms with Crippen LogP contribution in [0.15, 0.2) is 24.7 Å². The lowest BCUT2D eigenvalue weighted by Gasteiger charge is -2.31. The molecule has 0 aromatic carbocycles. The Morgan fingerprint density at radius 1 is 1.33 bits per heavy atom. The van der Waals surface area contributed by atoms with Crippen molar-refractivity contribution in [3.63, 3.8) is 0 Å². The van der Waals surface area contributed by atoms with Crippen LogP contribution in [-0.4, -0.2) is 66.1 Å². The molecular formula is C20H28FN7O2. The van der Waals surface area contributed by atoms with Crippen molar-refractivity contribution < 1.29 is 13.9 Å². The highest BCUT2D eigenvalue weighted by Gasteiger charge is 2.21. The summed E-state index contributed by atoms with van der Waals surface area (Å²) in [6, 6.07) is 3.65. The standard InChI is InChI=1S/C20H28FN7O2/c1-27(11-15-3-4-17(30-2)23-10-15)20-18(21)19(25-13-26-20)24-9-14-5-7-28(8-6-14)12-16(22)29/h3-4,10,13-14H,5-9,11-12H2,1-2H3,(H2,22,29)(H,24,25,26). The van der Waals surface area contributed by atoms with E-state index >= 15 is 0 Å². The number of carbonyl (C=O) groups excluding carboxylic acids is 1. The van der Waals surface area contributed by atoms with Gasteiger partial charge in [-0.25, -0.2) is 15.0 Å². The van der Waals surface area contributed by atoms with Crippen molar-refractivity contribution in [2.45, 2.75) is 19.4 Å². The summed E-state index contributed by atoms with van der Waals surface area (Å²) in [5.41, 5.74) is 6.16. The Kier molecular flexibility index (Phi) is 7.34. The first-order chi connectivity index (χ1) is 14.5. The lowest BCUT2D eigenvalue weighted by molar-refractivity contribution is -0.119. The average Bonchev–Trinajstić information content (AvgIpc) is 2.74. The minimum atomic E-state index is -0.479. The Balaban J connectivity index is 1.56. The van der Waals surface area contributed by atoms with Crippen LogP contribution in [-0.2, 0) is 11.3 Å². The van der Waals surface area contributed by atoms with Crippen LogP contribution in [0.2, 0.25) is 0 Å². The van der Waals surface area contributed by atoms with Gasteiger partial charge in [0, 0.05) is 32.4 Å². The molecule has 0 spiro atoms. The third-order valence-electron chi connectivity index (χ3n) is 5.20. The Labute approximate surface area is 175 Å². The van der Waals surface area contributed by atoms with Crippen molar-refractivity contribution >= 4 is 17.5 Å². The van der Waals surface area contributed by atoms with Crippen LogP contribution in [0, 0.1) is 11.7 Å². The number of amides is 1. The van der Waals surface area contributed by atoms with E-state index in [4.69, 9.17) is 10.5 Å². The summed E-state index contributed by atoms with van der Waals surface area (Å²) < 4.78 is 20.0. The molecule has 30 heavy (non-hydrogen) atoms. The van der Waals surface area contributed by atoms with E-state index in [1.54, 1.807) is 31.3 Å². The molecule has 1 aliphatic heterocycles. The fraction of sp³-hybridized carbons (Fsp3) is 0.500. The van der Waals surface area contributed by atoms with E-state index < -0.39 is 5.82 Å². The molecule has 10 heteroatoms. The van der Waals surface area contributed by atoms with Gasteiger partial charge in [0.15, 0.2) is 11.6 Å². The maximum absolute atomic E-state index is 15.0. The first-order valence-corrected chi connectivity index (χ1v) is 9.91. The molecule has 0 unspecified atom stereocenters. The highest BCUT2D eigenvalue weighted by molar-refractivity contribution is 5.75. The number of carbonyl (C=O) groups is 1. The van der Waals surface area contributed by atoms with Crippen LogP contribution in [0.4, 0.5) is 16.0 Å². The van der Waals surface area contributed by atoms with Gasteiger partial charge in [0.1, 0.15) is 6.33 Å². The van der Waals surface area contributed by atoms with Gasteiger partial charge in [-0.15, -0.1) is 0 Å². The quantitative estimate of drug-likeness (QED) is 0.628. The summed E-state index contributed by atoms with van der Waals surface area (Å²) in [5.74, 6) is 0.541. The van der Waals surface area contributed by atoms with Crippen LogP contribution in [0.25, 0.3) is 0 Å². The fourth-order valence-electron chi connectivity index (χ4n) is 3.53. The van der Waals surface area contributed by atoms with Crippen LogP contribution in [0.3, 0.4) is 0 Å². The third kappa shape index (κ3) is 5.76. The second-order valence-electron chi connectivity index (χ2n) is 7.49. The zero-order valence-electron chi connectivity index (χ0n) is 17.3. The molecule has 0 saturated carbocycles. The molecule has 9 nitrogen and oxygen atoms in total. The number of likely N-dealkylation sites (tertiary alicyclic amines) is 1. The summed E-state index contributed by atoms with van der Waals surface area (Å²) in [6.45, 7) is 2.98. The summed E-state index contributed by atoms with van der Waals surface area (Å²) >= 11 is 0. The lowest BCUT2D eigenvalue weighted by atomic mass is 9.97. The number of aromatic nitrogens is 3. The predicted molar refractivity (Wildman–Crippen MR) is 112 cm³/mol. The van der Waals surface area contributed by atoms with Crippen LogP contribution in [0.1, 0.15) is 18.4 Å². The molecule has 1 saturated heterocycles. The first kappa shape index (κ1) is 21.7. The summed E-state index contributed by atoms with van der Waals surface area (Å²) in [6.07, 6.45) is 4.89. The number of piperidine rings is 1. The van der Waals surface area contributed by atoms with Crippen molar-refractivity contribution in [2.75, 3.05) is 50.6 Å². The molecule has 2 aromatic heterocycles. The number of halogens is 1. The molecule has 0 radical (unpaired) electrons. The summed E-state index contributed by atoms with van der Waals surface area (Å²) in [7, 11) is 3.33. The zero-order valence-corrected chi connectivity index (χ0v) is 17.3. The predicted octanol–water partition coefficient (Wildman–Crippen LogP) is 1.26. The number of rotatable bonds is 9. The fourth-order valence-corrected chi connectivity index (χ4v) is 3.53. The SMILES string of the molecule is COc1ccc(CN(C)c2ncnc(NCC3CCN(CC(N)=O)CC3)c2F)cn1. The average molecular weight is 417 g/mol. The molecule has 1 amide bonds. The minimum Gasteiger partial charge on any atom is -0.481 e. The monoisotopic (exact) mass is 417 g/mol. The topological polar surface area (TPSA) is 110 Å². The molecule has 3 N–H and O–H groups in total. The van der Waals surface area contributed by atoms with E-state index in [1.165, 1.54) is 6.33 Å². The second-order valence-corrected chi connectivity index (χ2v) is 7.49. The van der Waals surface area contributed by atoms with Crippen molar-refractivity contribution in [3.05, 3.63) is 36.0 Å². The smallest absolute Gasteiger partial charge is 0.231 e. The van der Waals surface area contributed by atoms with Gasteiger partial charge in [0.25, 0.3) is 0 Å². The van der Waals surface area contributed by atoms with Gasteiger partial charge in [0.2, 0.25) is 17.6 Å². The second kappa shape index (κ2) is 10.1. The number of nitrogens with two attached hydrogens (primary N) is 1. The van der Waals surface area contributed by atoms with E-state index in [9.17, 15) is 9.18 Å². The Bertz CT molecular complexity index is 842. The van der Waals surface area contributed by atoms with Crippen molar-refractivity contribution in [3.8, 4) is 5.88 Å². The molecule has 0 bridgehead atoms. The van der Waals surface area contributed by atoms with Gasteiger partial charge >= 0.3 is 0 Å². The molecule has 162 valence electrons. The molecule has 1 fully saturated rings. The summed E-state index contributed by atoms with van der Waals surface area (Å²) in [4.78, 5) is 27.1. The van der Waals surface area contributed by atoms with Crippen molar-refractivity contribution in [2.24, 2.45) is 11.7 Å². The van der Waals surface area contributed by atoms with E-state index in [0.717, 1.165) is 31.5 Å². The molecular weight excluding hydrogens is 389 g/mol. The largest absolute Gasteiger partial charge is 0.481 e. The number of primary amides is 1. The molecule has 0 aliphatic carbocycles. The maximum Gasteiger partial charge on any atom is 0.231 e. The summed E-state index contributed by atoms with van der Waals surface area (Å²) in [5, 5.41) is 3.12. The van der Waals surface area contributed by atoms with Crippen molar-refractivity contribution in [1.82, 2.24) is 19.9 Å². The van der Waals surface area contributed by atoms with Gasteiger partial charge < -0.3 is 20.7 Å². The van der Waals surface area contributed by atoms with E-state index in [1.807, 2.05) is 11.0 Å². The Morgan fingerprint density at radius 2 is 2.10 bits per heavy atom. The van der Waals surface area contributed by atoms with Crippen LogP contribution < -0.4 is 20.7 Å². The minimum absolute atomic E-state index is 0.194. The normalized spacial score (nSPS) is 15.0. The van der Waals surface area contributed by atoms with Crippen LogP contribution >= 0.6 is 0 Å².